The number of hydrogen-bond acceptors (Lipinski definition) is 2. The molecule has 0 radical (unpaired) electrons. The van der Waals surface area contributed by atoms with E-state index in [4.69, 9.17) is 0 Å². The van der Waals surface area contributed by atoms with Crippen LogP contribution in [0.25, 0.3) is 0 Å². The molecule has 1 atom stereocenters. The van der Waals surface area contributed by atoms with Gasteiger partial charge in [-0.05, 0) is 31.2 Å². The molecule has 1 fully saturated rings. The van der Waals surface area contributed by atoms with E-state index in [1.807, 2.05) is 0 Å². The molecule has 0 aromatic carbocycles. The zero-order chi connectivity index (χ0) is 13.0. The van der Waals surface area contributed by atoms with Crippen LogP contribution in [-0.4, -0.2) is 15.6 Å². The van der Waals surface area contributed by atoms with Crippen molar-refractivity contribution in [2.75, 3.05) is 0 Å². The quantitative estimate of drug-likeness (QED) is 0.854. The van der Waals surface area contributed by atoms with Gasteiger partial charge in [-0.15, -0.1) is 0 Å². The fraction of sp³-hybridized carbons (Fsp3) is 0.538. The Morgan fingerprint density at radius 2 is 2.00 bits per heavy atom. The fourth-order valence-corrected chi connectivity index (χ4v) is 2.49. The highest BCUT2D eigenvalue weighted by molar-refractivity contribution is 5.90. The second kappa shape index (κ2) is 3.45. The predicted molar refractivity (Wildman–Crippen MR) is 64.6 cm³/mol. The highest BCUT2D eigenvalue weighted by atomic mass is 16.4. The lowest BCUT2D eigenvalue weighted by molar-refractivity contribution is 0.0694. The van der Waals surface area contributed by atoms with Crippen molar-refractivity contribution in [2.24, 2.45) is 5.41 Å². The number of carboxylic acid groups (broad SMARTS) is 1. The molecule has 2 rings (SSSR count). The molecule has 0 bridgehead atoms. The average molecular weight is 235 g/mol. The molecule has 1 heterocycles. The van der Waals surface area contributed by atoms with Crippen LogP contribution in [0.1, 0.15) is 47.9 Å². The van der Waals surface area contributed by atoms with Crippen molar-refractivity contribution < 1.29 is 9.90 Å². The average Bonchev–Trinajstić information content (AvgIpc) is 2.72. The van der Waals surface area contributed by atoms with Gasteiger partial charge in [0.25, 0.3) is 5.56 Å². The molecule has 0 saturated heterocycles. The molecule has 1 unspecified atom stereocenters. The molecule has 0 aliphatic heterocycles. The van der Waals surface area contributed by atoms with Crippen molar-refractivity contribution in [1.29, 1.82) is 0 Å². The molecule has 4 nitrogen and oxygen atoms in total. The fourth-order valence-electron chi connectivity index (χ4n) is 2.49. The molecule has 1 aliphatic rings. The van der Waals surface area contributed by atoms with Gasteiger partial charge in [-0.2, -0.15) is 0 Å². The van der Waals surface area contributed by atoms with E-state index in [1.165, 1.54) is 6.07 Å². The van der Waals surface area contributed by atoms with Crippen LogP contribution in [0.2, 0.25) is 0 Å². The first-order valence-corrected chi connectivity index (χ1v) is 5.72. The number of rotatable bonds is 2. The Hall–Kier alpha value is -1.58. The molecule has 0 spiro atoms. The summed E-state index contributed by atoms with van der Waals surface area (Å²) in [6.07, 6.45) is 0.926. The number of aryl methyl sites for hydroxylation is 1. The summed E-state index contributed by atoms with van der Waals surface area (Å²) >= 11 is 0. The van der Waals surface area contributed by atoms with Gasteiger partial charge in [0, 0.05) is 17.8 Å². The SMILES string of the molecule is Cc1cc(=O)n(C2CC2(C)C)c(C)c1C(=O)O. The van der Waals surface area contributed by atoms with Crippen LogP contribution in [0.15, 0.2) is 10.9 Å². The number of carboxylic acids is 1. The molecular weight excluding hydrogens is 218 g/mol. The Labute approximate surface area is 99.9 Å². The maximum Gasteiger partial charge on any atom is 0.337 e. The van der Waals surface area contributed by atoms with Crippen LogP contribution < -0.4 is 5.56 Å². The summed E-state index contributed by atoms with van der Waals surface area (Å²) in [5, 5.41) is 9.18. The summed E-state index contributed by atoms with van der Waals surface area (Å²) in [5.74, 6) is -0.966. The topological polar surface area (TPSA) is 59.3 Å². The summed E-state index contributed by atoms with van der Waals surface area (Å²) in [4.78, 5) is 23.2. The van der Waals surface area contributed by atoms with E-state index < -0.39 is 5.97 Å². The lowest BCUT2D eigenvalue weighted by atomic mass is 10.1. The summed E-state index contributed by atoms with van der Waals surface area (Å²) in [6.45, 7) is 7.56. The van der Waals surface area contributed by atoms with Crippen molar-refractivity contribution >= 4 is 5.97 Å². The first-order valence-electron chi connectivity index (χ1n) is 5.72. The molecule has 1 saturated carbocycles. The van der Waals surface area contributed by atoms with Gasteiger partial charge in [0.1, 0.15) is 0 Å². The summed E-state index contributed by atoms with van der Waals surface area (Å²) in [6, 6.07) is 1.55. The van der Waals surface area contributed by atoms with E-state index in [1.54, 1.807) is 18.4 Å². The van der Waals surface area contributed by atoms with Crippen LogP contribution in [0, 0.1) is 19.3 Å². The largest absolute Gasteiger partial charge is 0.478 e. The van der Waals surface area contributed by atoms with Crippen LogP contribution in [0.4, 0.5) is 0 Å². The van der Waals surface area contributed by atoms with Crippen molar-refractivity contribution in [1.82, 2.24) is 4.57 Å². The van der Waals surface area contributed by atoms with E-state index in [2.05, 4.69) is 13.8 Å². The number of aromatic carboxylic acids is 1. The van der Waals surface area contributed by atoms with Gasteiger partial charge in [0.2, 0.25) is 0 Å². The van der Waals surface area contributed by atoms with E-state index >= 15 is 0 Å². The molecule has 1 aromatic rings. The number of carbonyl (C=O) groups is 1. The predicted octanol–water partition coefficient (Wildman–Crippen LogP) is 2.13. The minimum atomic E-state index is -0.966. The maximum atomic E-state index is 12.0. The monoisotopic (exact) mass is 235 g/mol. The van der Waals surface area contributed by atoms with Gasteiger partial charge in [-0.25, -0.2) is 4.79 Å². The molecule has 1 aliphatic carbocycles. The lowest BCUT2D eigenvalue weighted by Crippen LogP contribution is -2.26. The van der Waals surface area contributed by atoms with E-state index in [-0.39, 0.29) is 22.6 Å². The van der Waals surface area contributed by atoms with E-state index in [9.17, 15) is 14.7 Å². The van der Waals surface area contributed by atoms with Crippen molar-refractivity contribution in [3.63, 3.8) is 0 Å². The second-order valence-corrected chi connectivity index (χ2v) is 5.51. The normalized spacial score (nSPS) is 21.3. The Kier molecular flexibility index (Phi) is 2.42. The number of pyridine rings is 1. The highest BCUT2D eigenvalue weighted by Crippen LogP contribution is 2.55. The molecule has 0 amide bonds. The first kappa shape index (κ1) is 11.9. The van der Waals surface area contributed by atoms with Crippen molar-refractivity contribution in [3.8, 4) is 0 Å². The van der Waals surface area contributed by atoms with Gasteiger partial charge < -0.3 is 9.67 Å². The van der Waals surface area contributed by atoms with E-state index in [0.717, 1.165) is 6.42 Å². The van der Waals surface area contributed by atoms with Gasteiger partial charge in [0.15, 0.2) is 0 Å². The van der Waals surface area contributed by atoms with Gasteiger partial charge >= 0.3 is 5.97 Å². The number of nitrogens with zero attached hydrogens (tertiary/aromatic N) is 1. The van der Waals surface area contributed by atoms with Crippen LogP contribution in [0.3, 0.4) is 0 Å². The number of aromatic nitrogens is 1. The minimum Gasteiger partial charge on any atom is -0.478 e. The highest BCUT2D eigenvalue weighted by Gasteiger charge is 2.48. The Morgan fingerprint density at radius 1 is 1.47 bits per heavy atom. The zero-order valence-electron chi connectivity index (χ0n) is 10.6. The standard InChI is InChI=1S/C13H17NO3/c1-7-5-10(15)14(9-6-13(9,3)4)8(2)11(7)12(16)17/h5,9H,6H2,1-4H3,(H,16,17). The molecule has 1 aromatic heterocycles. The van der Waals surface area contributed by atoms with Crippen molar-refractivity contribution in [3.05, 3.63) is 33.2 Å². The van der Waals surface area contributed by atoms with Gasteiger partial charge in [-0.1, -0.05) is 13.8 Å². The maximum absolute atomic E-state index is 12.0. The van der Waals surface area contributed by atoms with Crippen LogP contribution in [0.5, 0.6) is 0 Å². The lowest BCUT2D eigenvalue weighted by Gasteiger charge is -2.15. The number of hydrogen-bond donors (Lipinski definition) is 1. The summed E-state index contributed by atoms with van der Waals surface area (Å²) < 4.78 is 1.64. The van der Waals surface area contributed by atoms with E-state index in [0.29, 0.717) is 11.3 Å². The third-order valence-corrected chi connectivity index (χ3v) is 3.68. The summed E-state index contributed by atoms with van der Waals surface area (Å²) in [5.41, 5.74) is 1.36. The Balaban J connectivity index is 2.65. The zero-order valence-corrected chi connectivity index (χ0v) is 10.6. The minimum absolute atomic E-state index is 0.0967. The first-order chi connectivity index (χ1) is 7.75. The smallest absolute Gasteiger partial charge is 0.337 e. The molecule has 1 N–H and O–H groups in total. The third kappa shape index (κ3) is 1.77. The third-order valence-electron chi connectivity index (χ3n) is 3.68. The Bertz CT molecular complexity index is 555. The molecule has 4 heteroatoms. The molecule has 17 heavy (non-hydrogen) atoms. The van der Waals surface area contributed by atoms with Gasteiger partial charge in [-0.3, -0.25) is 4.79 Å². The Morgan fingerprint density at radius 3 is 2.41 bits per heavy atom. The van der Waals surface area contributed by atoms with Crippen LogP contribution >= 0.6 is 0 Å². The van der Waals surface area contributed by atoms with Crippen molar-refractivity contribution in [2.45, 2.75) is 40.2 Å². The van der Waals surface area contributed by atoms with Crippen LogP contribution in [-0.2, 0) is 0 Å². The molecular formula is C13H17NO3. The summed E-state index contributed by atoms with van der Waals surface area (Å²) in [7, 11) is 0. The molecule has 92 valence electrons. The second-order valence-electron chi connectivity index (χ2n) is 5.51. The van der Waals surface area contributed by atoms with Gasteiger partial charge in [0.05, 0.1) is 5.56 Å².